The minimum absolute atomic E-state index is 0.268. The van der Waals surface area contributed by atoms with Gasteiger partial charge in [0.2, 0.25) is 12.7 Å². The Balaban J connectivity index is 1.34. The van der Waals surface area contributed by atoms with E-state index in [2.05, 4.69) is 21.0 Å². The SMILES string of the molecule is Clc1cccc(-c2cc(N(CCCN3CCCCCC3)Cc3ccc4c(c3)OCO4)on2)c1Cl. The van der Waals surface area contributed by atoms with Crippen molar-refractivity contribution >= 4 is 29.1 Å². The molecule has 2 aliphatic heterocycles. The van der Waals surface area contributed by atoms with Crippen LogP contribution in [-0.2, 0) is 6.54 Å². The zero-order valence-corrected chi connectivity index (χ0v) is 20.7. The number of anilines is 1. The van der Waals surface area contributed by atoms with Crippen LogP contribution in [0.5, 0.6) is 11.5 Å². The quantitative estimate of drug-likeness (QED) is 0.344. The Morgan fingerprint density at radius 2 is 1.76 bits per heavy atom. The highest BCUT2D eigenvalue weighted by Crippen LogP contribution is 2.36. The molecule has 3 aromatic rings. The van der Waals surface area contributed by atoms with Crippen molar-refractivity contribution in [3.63, 3.8) is 0 Å². The first-order valence-corrected chi connectivity index (χ1v) is 12.7. The van der Waals surface area contributed by atoms with E-state index in [0.717, 1.165) is 42.1 Å². The zero-order valence-electron chi connectivity index (χ0n) is 19.1. The lowest BCUT2D eigenvalue weighted by molar-refractivity contribution is 0.174. The first-order valence-electron chi connectivity index (χ1n) is 11.9. The van der Waals surface area contributed by atoms with E-state index in [1.54, 1.807) is 6.07 Å². The predicted octanol–water partition coefficient (Wildman–Crippen LogP) is 6.65. The van der Waals surface area contributed by atoms with Crippen LogP contribution >= 0.6 is 23.2 Å². The Labute approximate surface area is 210 Å². The maximum atomic E-state index is 6.42. The van der Waals surface area contributed by atoms with Crippen LogP contribution in [0.1, 0.15) is 37.7 Å². The molecule has 2 aromatic carbocycles. The lowest BCUT2D eigenvalue weighted by atomic mass is 10.1. The topological polar surface area (TPSA) is 51.0 Å². The summed E-state index contributed by atoms with van der Waals surface area (Å²) < 4.78 is 16.8. The molecule has 2 aliphatic rings. The summed E-state index contributed by atoms with van der Waals surface area (Å²) in [6.45, 7) is 5.27. The number of hydrogen-bond acceptors (Lipinski definition) is 6. The van der Waals surface area contributed by atoms with Gasteiger partial charge in [-0.1, -0.05) is 59.4 Å². The van der Waals surface area contributed by atoms with E-state index in [1.807, 2.05) is 30.3 Å². The predicted molar refractivity (Wildman–Crippen MR) is 135 cm³/mol. The van der Waals surface area contributed by atoms with Gasteiger partial charge in [-0.05, 0) is 62.7 Å². The van der Waals surface area contributed by atoms with E-state index in [4.69, 9.17) is 37.2 Å². The lowest BCUT2D eigenvalue weighted by Gasteiger charge is -2.24. The van der Waals surface area contributed by atoms with Crippen molar-refractivity contribution in [2.75, 3.05) is 37.9 Å². The van der Waals surface area contributed by atoms with Crippen LogP contribution in [0, 0.1) is 0 Å². The van der Waals surface area contributed by atoms with Gasteiger partial charge >= 0.3 is 0 Å². The van der Waals surface area contributed by atoms with Gasteiger partial charge < -0.3 is 23.8 Å². The molecule has 180 valence electrons. The van der Waals surface area contributed by atoms with Gasteiger partial charge in [0.15, 0.2) is 11.5 Å². The number of aromatic nitrogens is 1. The Morgan fingerprint density at radius 3 is 2.62 bits per heavy atom. The molecule has 0 spiro atoms. The monoisotopic (exact) mass is 501 g/mol. The van der Waals surface area contributed by atoms with Crippen LogP contribution in [-0.4, -0.2) is 43.0 Å². The van der Waals surface area contributed by atoms with Crippen molar-refractivity contribution in [3.8, 4) is 22.8 Å². The summed E-state index contributed by atoms with van der Waals surface area (Å²) in [5.41, 5.74) is 2.56. The summed E-state index contributed by atoms with van der Waals surface area (Å²) in [6, 6.07) is 13.5. The number of fused-ring (bicyclic) bond motifs is 1. The molecule has 1 aromatic heterocycles. The third-order valence-corrected chi connectivity index (χ3v) is 7.27. The van der Waals surface area contributed by atoms with Crippen LogP contribution < -0.4 is 14.4 Å². The molecule has 0 saturated carbocycles. The normalized spacial score (nSPS) is 15.9. The highest BCUT2D eigenvalue weighted by Gasteiger charge is 2.19. The van der Waals surface area contributed by atoms with E-state index in [-0.39, 0.29) is 6.79 Å². The van der Waals surface area contributed by atoms with Crippen molar-refractivity contribution in [2.24, 2.45) is 0 Å². The van der Waals surface area contributed by atoms with Crippen LogP contribution in [0.15, 0.2) is 47.0 Å². The number of ether oxygens (including phenoxy) is 2. The summed E-state index contributed by atoms with van der Waals surface area (Å²) >= 11 is 12.6. The van der Waals surface area contributed by atoms with Crippen LogP contribution in [0.25, 0.3) is 11.3 Å². The minimum Gasteiger partial charge on any atom is -0.454 e. The molecule has 5 rings (SSSR count). The highest BCUT2D eigenvalue weighted by molar-refractivity contribution is 6.43. The molecule has 3 heterocycles. The fraction of sp³-hybridized carbons (Fsp3) is 0.423. The molecular weight excluding hydrogens is 473 g/mol. The molecule has 0 radical (unpaired) electrons. The van der Waals surface area contributed by atoms with Gasteiger partial charge in [0.05, 0.1) is 10.0 Å². The molecule has 0 N–H and O–H groups in total. The number of halogens is 2. The Kier molecular flexibility index (Phi) is 7.48. The maximum Gasteiger partial charge on any atom is 0.231 e. The van der Waals surface area contributed by atoms with E-state index >= 15 is 0 Å². The van der Waals surface area contributed by atoms with Gasteiger partial charge in [-0.15, -0.1) is 0 Å². The molecule has 6 nitrogen and oxygen atoms in total. The summed E-state index contributed by atoms with van der Waals surface area (Å²) in [5.74, 6) is 2.28. The third-order valence-electron chi connectivity index (χ3n) is 6.45. The Morgan fingerprint density at radius 1 is 0.941 bits per heavy atom. The number of benzene rings is 2. The standard InChI is InChI=1S/C26H29Cl2N3O3/c27-21-8-5-7-20(26(21)28)22-16-25(34-29-22)31(14-6-13-30-11-3-1-2-4-12-30)17-19-9-10-23-24(15-19)33-18-32-23/h5,7-10,15-16H,1-4,6,11-14,17-18H2. The van der Waals surface area contributed by atoms with Crippen LogP contribution in [0.3, 0.4) is 0 Å². The molecule has 0 unspecified atom stereocenters. The van der Waals surface area contributed by atoms with Gasteiger partial charge in [-0.25, -0.2) is 0 Å². The van der Waals surface area contributed by atoms with E-state index < -0.39 is 0 Å². The fourth-order valence-electron chi connectivity index (χ4n) is 4.61. The number of rotatable bonds is 8. The number of nitrogens with zero attached hydrogens (tertiary/aromatic N) is 3. The molecule has 0 atom stereocenters. The van der Waals surface area contributed by atoms with Crippen LogP contribution in [0.4, 0.5) is 5.88 Å². The Hall–Kier alpha value is -2.41. The average Bonchev–Trinajstić information content (AvgIpc) is 3.44. The molecule has 0 amide bonds. The second kappa shape index (κ2) is 10.9. The molecule has 34 heavy (non-hydrogen) atoms. The summed E-state index contributed by atoms with van der Waals surface area (Å²) in [5, 5.41) is 5.28. The van der Waals surface area contributed by atoms with Gasteiger partial charge in [0, 0.05) is 24.7 Å². The summed E-state index contributed by atoms with van der Waals surface area (Å²) in [7, 11) is 0. The minimum atomic E-state index is 0.268. The summed E-state index contributed by atoms with van der Waals surface area (Å²) in [6.07, 6.45) is 6.33. The van der Waals surface area contributed by atoms with E-state index in [0.29, 0.717) is 28.2 Å². The van der Waals surface area contributed by atoms with Crippen molar-refractivity contribution in [1.82, 2.24) is 10.1 Å². The Bertz CT molecular complexity index is 1110. The first kappa shape index (κ1) is 23.3. The molecule has 1 fully saturated rings. The van der Waals surface area contributed by atoms with Crippen LogP contribution in [0.2, 0.25) is 10.0 Å². The number of likely N-dealkylation sites (tertiary alicyclic amines) is 1. The van der Waals surface area contributed by atoms with Crippen molar-refractivity contribution in [2.45, 2.75) is 38.6 Å². The van der Waals surface area contributed by atoms with Gasteiger partial charge in [-0.2, -0.15) is 0 Å². The number of hydrogen-bond donors (Lipinski definition) is 0. The van der Waals surface area contributed by atoms with E-state index in [1.165, 1.54) is 38.8 Å². The first-order chi connectivity index (χ1) is 16.7. The second-order valence-corrected chi connectivity index (χ2v) is 9.66. The van der Waals surface area contributed by atoms with Crippen molar-refractivity contribution < 1.29 is 14.0 Å². The lowest BCUT2D eigenvalue weighted by Crippen LogP contribution is -2.30. The van der Waals surface area contributed by atoms with Crippen molar-refractivity contribution in [3.05, 3.63) is 58.1 Å². The smallest absolute Gasteiger partial charge is 0.231 e. The highest BCUT2D eigenvalue weighted by atomic mass is 35.5. The second-order valence-electron chi connectivity index (χ2n) is 8.87. The molecular formula is C26H29Cl2N3O3. The largest absolute Gasteiger partial charge is 0.454 e. The molecule has 0 aliphatic carbocycles. The van der Waals surface area contributed by atoms with Gasteiger partial charge in [-0.3, -0.25) is 0 Å². The fourth-order valence-corrected chi connectivity index (χ4v) is 5.01. The maximum absolute atomic E-state index is 6.42. The zero-order chi connectivity index (χ0) is 23.3. The average molecular weight is 502 g/mol. The van der Waals surface area contributed by atoms with E-state index in [9.17, 15) is 0 Å². The van der Waals surface area contributed by atoms with Gasteiger partial charge in [0.1, 0.15) is 5.69 Å². The third kappa shape index (κ3) is 5.45. The molecule has 0 bridgehead atoms. The summed E-state index contributed by atoms with van der Waals surface area (Å²) in [4.78, 5) is 4.81. The molecule has 8 heteroatoms. The van der Waals surface area contributed by atoms with Crippen molar-refractivity contribution in [1.29, 1.82) is 0 Å². The molecule has 1 saturated heterocycles. The van der Waals surface area contributed by atoms with Gasteiger partial charge in [0.25, 0.3) is 0 Å².